The zero-order chi connectivity index (χ0) is 13.2. The van der Waals surface area contributed by atoms with Crippen LogP contribution in [0.15, 0.2) is 52.4 Å². The molecule has 2 aromatic rings. The molecule has 0 saturated heterocycles. The molecule has 0 radical (unpaired) electrons. The number of hydrogen-bond donors (Lipinski definition) is 1. The minimum absolute atomic E-state index is 0.0620. The van der Waals surface area contributed by atoms with Gasteiger partial charge in [-0.3, -0.25) is 0 Å². The highest BCUT2D eigenvalue weighted by molar-refractivity contribution is 7.99. The lowest BCUT2D eigenvalue weighted by atomic mass is 10.3. The Morgan fingerprint density at radius 3 is 2.44 bits per heavy atom. The second-order valence-electron chi connectivity index (χ2n) is 3.46. The number of alkyl halides is 3. The highest BCUT2D eigenvalue weighted by Gasteiger charge is 2.32. The van der Waals surface area contributed by atoms with E-state index in [1.54, 1.807) is 12.1 Å². The molecule has 0 fully saturated rings. The molecule has 1 N–H and O–H groups in total. The summed E-state index contributed by atoms with van der Waals surface area (Å²) in [4.78, 5) is 4.15. The van der Waals surface area contributed by atoms with Crippen molar-refractivity contribution >= 4 is 11.8 Å². The van der Waals surface area contributed by atoms with Crippen LogP contribution in [0.1, 0.15) is 5.69 Å². The van der Waals surface area contributed by atoms with Crippen molar-refractivity contribution in [1.82, 2.24) is 4.98 Å². The van der Waals surface area contributed by atoms with Crippen LogP contribution in [0, 0.1) is 0 Å². The summed E-state index contributed by atoms with van der Waals surface area (Å²) in [6.07, 6.45) is -4.45. The smallest absolute Gasteiger partial charge is 0.433 e. The van der Waals surface area contributed by atoms with Crippen LogP contribution in [-0.4, -0.2) is 10.1 Å². The molecule has 0 aliphatic heterocycles. The first-order chi connectivity index (χ1) is 8.45. The quantitative estimate of drug-likeness (QED) is 0.897. The number of halogens is 3. The van der Waals surface area contributed by atoms with E-state index in [1.807, 2.05) is 0 Å². The molecule has 1 heterocycles. The number of phenolic OH excluding ortho intramolecular Hbond substituents is 1. The Morgan fingerprint density at radius 1 is 1.06 bits per heavy atom. The standard InChI is InChI=1S/C12H8F3NOS/c13-12(14,15)10-5-2-6-11(16-10)18-9-4-1-3-8(17)7-9/h1-7,17H. The van der Waals surface area contributed by atoms with Crippen molar-refractivity contribution in [2.75, 3.05) is 0 Å². The molecular weight excluding hydrogens is 263 g/mol. The van der Waals surface area contributed by atoms with Crippen molar-refractivity contribution < 1.29 is 18.3 Å². The van der Waals surface area contributed by atoms with Crippen LogP contribution < -0.4 is 0 Å². The Morgan fingerprint density at radius 2 is 1.78 bits per heavy atom. The van der Waals surface area contributed by atoms with Crippen molar-refractivity contribution in [2.45, 2.75) is 16.1 Å². The summed E-state index contributed by atoms with van der Waals surface area (Å²) >= 11 is 1.06. The number of phenols is 1. The summed E-state index contributed by atoms with van der Waals surface area (Å²) in [6, 6.07) is 9.98. The predicted octanol–water partition coefficient (Wildman–Crippen LogP) is 3.96. The Labute approximate surface area is 105 Å². The number of nitrogens with zero attached hydrogens (tertiary/aromatic N) is 1. The van der Waals surface area contributed by atoms with Crippen LogP contribution in [0.2, 0.25) is 0 Å². The number of rotatable bonds is 2. The number of hydrogen-bond acceptors (Lipinski definition) is 3. The van der Waals surface area contributed by atoms with Crippen molar-refractivity contribution in [1.29, 1.82) is 0 Å². The van der Waals surface area contributed by atoms with Gasteiger partial charge in [0.2, 0.25) is 0 Å². The first kappa shape index (κ1) is 12.8. The molecule has 0 atom stereocenters. The molecular formula is C12H8F3NOS. The van der Waals surface area contributed by atoms with E-state index in [9.17, 15) is 18.3 Å². The number of pyridine rings is 1. The monoisotopic (exact) mass is 271 g/mol. The summed E-state index contributed by atoms with van der Waals surface area (Å²) in [7, 11) is 0. The second kappa shape index (κ2) is 4.89. The van der Waals surface area contributed by atoms with Gasteiger partial charge in [-0.2, -0.15) is 13.2 Å². The molecule has 0 aliphatic carbocycles. The lowest BCUT2D eigenvalue weighted by Gasteiger charge is -2.07. The van der Waals surface area contributed by atoms with Crippen LogP contribution in [0.4, 0.5) is 13.2 Å². The molecule has 1 aromatic heterocycles. The van der Waals surface area contributed by atoms with E-state index in [2.05, 4.69) is 4.98 Å². The average molecular weight is 271 g/mol. The molecule has 0 aliphatic rings. The van der Waals surface area contributed by atoms with Gasteiger partial charge in [-0.15, -0.1) is 0 Å². The lowest BCUT2D eigenvalue weighted by molar-refractivity contribution is -0.141. The molecule has 0 saturated carbocycles. The zero-order valence-electron chi connectivity index (χ0n) is 8.98. The maximum absolute atomic E-state index is 12.5. The Hall–Kier alpha value is -1.69. The van der Waals surface area contributed by atoms with E-state index in [0.717, 1.165) is 17.8 Å². The van der Waals surface area contributed by atoms with E-state index in [-0.39, 0.29) is 10.8 Å². The van der Waals surface area contributed by atoms with Crippen LogP contribution in [-0.2, 0) is 6.18 Å². The molecule has 2 nitrogen and oxygen atoms in total. The number of aromatic hydroxyl groups is 1. The van der Waals surface area contributed by atoms with Gasteiger partial charge in [-0.25, -0.2) is 4.98 Å². The van der Waals surface area contributed by atoms with Crippen molar-refractivity contribution in [2.24, 2.45) is 0 Å². The molecule has 1 aromatic carbocycles. The van der Waals surface area contributed by atoms with Gasteiger partial charge in [0, 0.05) is 4.90 Å². The zero-order valence-corrected chi connectivity index (χ0v) is 9.79. The first-order valence-corrected chi connectivity index (χ1v) is 5.78. The van der Waals surface area contributed by atoms with E-state index in [0.29, 0.717) is 4.90 Å². The van der Waals surface area contributed by atoms with Gasteiger partial charge in [0.05, 0.1) is 0 Å². The summed E-state index contributed by atoms with van der Waals surface area (Å²) in [6.45, 7) is 0. The van der Waals surface area contributed by atoms with Gasteiger partial charge < -0.3 is 5.11 Å². The van der Waals surface area contributed by atoms with Gasteiger partial charge >= 0.3 is 6.18 Å². The maximum Gasteiger partial charge on any atom is 0.433 e. The fourth-order valence-corrected chi connectivity index (χ4v) is 2.16. The minimum atomic E-state index is -4.45. The minimum Gasteiger partial charge on any atom is -0.508 e. The largest absolute Gasteiger partial charge is 0.508 e. The normalized spacial score (nSPS) is 11.5. The summed E-state index contributed by atoms with van der Waals surface area (Å²) in [5.74, 6) is 0.0620. The molecule has 0 unspecified atom stereocenters. The van der Waals surface area contributed by atoms with Gasteiger partial charge in [-0.1, -0.05) is 23.9 Å². The fraction of sp³-hybridized carbons (Fsp3) is 0.0833. The molecule has 0 spiro atoms. The van der Waals surface area contributed by atoms with Crippen LogP contribution in [0.25, 0.3) is 0 Å². The molecule has 0 amide bonds. The van der Waals surface area contributed by atoms with Gasteiger partial charge in [0.25, 0.3) is 0 Å². The predicted molar refractivity (Wildman–Crippen MR) is 61.5 cm³/mol. The fourth-order valence-electron chi connectivity index (χ4n) is 1.30. The molecule has 94 valence electrons. The van der Waals surface area contributed by atoms with Gasteiger partial charge in [-0.05, 0) is 30.3 Å². The molecule has 6 heteroatoms. The average Bonchev–Trinajstić information content (AvgIpc) is 2.28. The number of benzene rings is 1. The van der Waals surface area contributed by atoms with Crippen LogP contribution >= 0.6 is 11.8 Å². The Balaban J connectivity index is 2.25. The second-order valence-corrected chi connectivity index (χ2v) is 4.55. The van der Waals surface area contributed by atoms with E-state index in [1.165, 1.54) is 24.3 Å². The third-order valence-electron chi connectivity index (χ3n) is 2.05. The molecule has 18 heavy (non-hydrogen) atoms. The summed E-state index contributed by atoms with van der Waals surface area (Å²) in [5.41, 5.74) is -0.923. The molecule has 2 rings (SSSR count). The van der Waals surface area contributed by atoms with Gasteiger partial charge in [0.15, 0.2) is 0 Å². The molecule has 0 bridgehead atoms. The topological polar surface area (TPSA) is 33.1 Å². The summed E-state index contributed by atoms with van der Waals surface area (Å²) < 4.78 is 37.4. The van der Waals surface area contributed by atoms with Gasteiger partial charge in [0.1, 0.15) is 16.5 Å². The van der Waals surface area contributed by atoms with Crippen molar-refractivity contribution in [3.63, 3.8) is 0 Å². The Kier molecular flexibility index (Phi) is 3.47. The van der Waals surface area contributed by atoms with Crippen molar-refractivity contribution in [3.05, 3.63) is 48.2 Å². The first-order valence-electron chi connectivity index (χ1n) is 4.96. The van der Waals surface area contributed by atoms with E-state index >= 15 is 0 Å². The SMILES string of the molecule is Oc1cccc(Sc2cccc(C(F)(F)F)n2)c1. The van der Waals surface area contributed by atoms with Crippen LogP contribution in [0.5, 0.6) is 5.75 Å². The summed E-state index contributed by atoms with van der Waals surface area (Å²) in [5, 5.41) is 9.49. The third-order valence-corrected chi connectivity index (χ3v) is 2.98. The third kappa shape index (κ3) is 3.16. The van der Waals surface area contributed by atoms with E-state index < -0.39 is 11.9 Å². The maximum atomic E-state index is 12.5. The highest BCUT2D eigenvalue weighted by atomic mass is 32.2. The van der Waals surface area contributed by atoms with Crippen LogP contribution in [0.3, 0.4) is 0 Å². The van der Waals surface area contributed by atoms with E-state index in [4.69, 9.17) is 0 Å². The number of aromatic nitrogens is 1. The highest BCUT2D eigenvalue weighted by Crippen LogP contribution is 2.32. The van der Waals surface area contributed by atoms with Crippen molar-refractivity contribution in [3.8, 4) is 5.75 Å². The lowest BCUT2D eigenvalue weighted by Crippen LogP contribution is -2.07. The Bertz CT molecular complexity index is 557.